The Balaban J connectivity index is 2.28. The molecule has 3 nitrogen and oxygen atoms in total. The Morgan fingerprint density at radius 3 is 2.78 bits per heavy atom. The van der Waals surface area contributed by atoms with Gasteiger partial charge in [-0.15, -0.1) is 0 Å². The lowest BCUT2D eigenvalue weighted by molar-refractivity contribution is 0.197. The molecule has 0 spiro atoms. The SMILES string of the molecule is COCCNCCN(C)Cc1ccc(C)cc1Cl. The monoisotopic (exact) mass is 270 g/mol. The first-order valence-corrected chi connectivity index (χ1v) is 6.64. The van der Waals surface area contributed by atoms with Crippen molar-refractivity contribution in [3.05, 3.63) is 34.3 Å². The largest absolute Gasteiger partial charge is 0.383 e. The zero-order chi connectivity index (χ0) is 13.4. The normalized spacial score (nSPS) is 11.2. The van der Waals surface area contributed by atoms with E-state index < -0.39 is 0 Å². The molecule has 102 valence electrons. The van der Waals surface area contributed by atoms with Crippen LogP contribution >= 0.6 is 11.6 Å². The molecule has 4 heteroatoms. The Kier molecular flexibility index (Phi) is 7.28. The maximum Gasteiger partial charge on any atom is 0.0587 e. The molecular weight excluding hydrogens is 248 g/mol. The molecule has 1 N–H and O–H groups in total. The van der Waals surface area contributed by atoms with Crippen molar-refractivity contribution in [2.45, 2.75) is 13.5 Å². The summed E-state index contributed by atoms with van der Waals surface area (Å²) < 4.78 is 4.98. The van der Waals surface area contributed by atoms with Gasteiger partial charge in [0.15, 0.2) is 0 Å². The predicted octanol–water partition coefficient (Wildman–Crippen LogP) is 2.32. The van der Waals surface area contributed by atoms with Gasteiger partial charge < -0.3 is 15.0 Å². The van der Waals surface area contributed by atoms with E-state index in [1.54, 1.807) is 7.11 Å². The third-order valence-corrected chi connectivity index (χ3v) is 3.15. The van der Waals surface area contributed by atoms with E-state index in [1.165, 1.54) is 11.1 Å². The van der Waals surface area contributed by atoms with Gasteiger partial charge in [-0.25, -0.2) is 0 Å². The Labute approximate surface area is 115 Å². The van der Waals surface area contributed by atoms with Gasteiger partial charge in [0.05, 0.1) is 6.61 Å². The molecule has 1 aromatic rings. The van der Waals surface area contributed by atoms with Crippen LogP contribution in [0, 0.1) is 6.92 Å². The Hall–Kier alpha value is -0.610. The van der Waals surface area contributed by atoms with Crippen molar-refractivity contribution in [3.63, 3.8) is 0 Å². The van der Waals surface area contributed by atoms with E-state index in [-0.39, 0.29) is 0 Å². The van der Waals surface area contributed by atoms with Crippen molar-refractivity contribution < 1.29 is 4.74 Å². The average molecular weight is 271 g/mol. The minimum atomic E-state index is 0.757. The van der Waals surface area contributed by atoms with E-state index in [0.29, 0.717) is 0 Å². The molecule has 0 saturated heterocycles. The zero-order valence-electron chi connectivity index (χ0n) is 11.5. The summed E-state index contributed by atoms with van der Waals surface area (Å²) in [6.45, 7) is 6.55. The van der Waals surface area contributed by atoms with Gasteiger partial charge in [-0.05, 0) is 31.2 Å². The molecule has 1 rings (SSSR count). The number of nitrogens with one attached hydrogen (secondary N) is 1. The van der Waals surface area contributed by atoms with Gasteiger partial charge in [-0.1, -0.05) is 23.7 Å². The highest BCUT2D eigenvalue weighted by Crippen LogP contribution is 2.18. The molecule has 0 atom stereocenters. The first-order chi connectivity index (χ1) is 8.63. The van der Waals surface area contributed by atoms with Gasteiger partial charge in [0.25, 0.3) is 0 Å². The molecule has 0 aliphatic rings. The summed E-state index contributed by atoms with van der Waals surface area (Å²) >= 11 is 6.22. The summed E-state index contributed by atoms with van der Waals surface area (Å²) in [5.41, 5.74) is 2.38. The third kappa shape index (κ3) is 5.83. The molecule has 0 aliphatic carbocycles. The van der Waals surface area contributed by atoms with Crippen molar-refractivity contribution in [2.75, 3.05) is 40.4 Å². The Morgan fingerprint density at radius 2 is 2.11 bits per heavy atom. The van der Waals surface area contributed by atoms with Crippen LogP contribution in [0.25, 0.3) is 0 Å². The summed E-state index contributed by atoms with van der Waals surface area (Å²) in [7, 11) is 3.82. The summed E-state index contributed by atoms with van der Waals surface area (Å²) in [4.78, 5) is 2.26. The fraction of sp³-hybridized carbons (Fsp3) is 0.571. The number of hydrogen-bond acceptors (Lipinski definition) is 3. The number of hydrogen-bond donors (Lipinski definition) is 1. The minimum Gasteiger partial charge on any atom is -0.383 e. The molecule has 0 fully saturated rings. The lowest BCUT2D eigenvalue weighted by Crippen LogP contribution is -2.30. The van der Waals surface area contributed by atoms with Crippen molar-refractivity contribution in [1.82, 2.24) is 10.2 Å². The van der Waals surface area contributed by atoms with E-state index in [1.807, 2.05) is 6.07 Å². The van der Waals surface area contributed by atoms with Crippen molar-refractivity contribution in [3.8, 4) is 0 Å². The topological polar surface area (TPSA) is 24.5 Å². The van der Waals surface area contributed by atoms with Crippen molar-refractivity contribution in [1.29, 1.82) is 0 Å². The Bertz CT molecular complexity index is 358. The van der Waals surface area contributed by atoms with Gasteiger partial charge in [0.2, 0.25) is 0 Å². The van der Waals surface area contributed by atoms with Crippen LogP contribution in [-0.2, 0) is 11.3 Å². The van der Waals surface area contributed by atoms with Crippen LogP contribution in [0.1, 0.15) is 11.1 Å². The number of benzene rings is 1. The van der Waals surface area contributed by atoms with Crippen LogP contribution in [-0.4, -0.2) is 45.3 Å². The van der Waals surface area contributed by atoms with E-state index in [9.17, 15) is 0 Å². The van der Waals surface area contributed by atoms with E-state index in [4.69, 9.17) is 16.3 Å². The first kappa shape index (κ1) is 15.4. The zero-order valence-corrected chi connectivity index (χ0v) is 12.3. The van der Waals surface area contributed by atoms with Crippen LogP contribution in [0.2, 0.25) is 5.02 Å². The molecule has 18 heavy (non-hydrogen) atoms. The van der Waals surface area contributed by atoms with Gasteiger partial charge in [-0.2, -0.15) is 0 Å². The lowest BCUT2D eigenvalue weighted by atomic mass is 10.1. The molecule has 0 heterocycles. The van der Waals surface area contributed by atoms with Crippen molar-refractivity contribution >= 4 is 11.6 Å². The van der Waals surface area contributed by atoms with Gasteiger partial charge in [0.1, 0.15) is 0 Å². The average Bonchev–Trinajstić information content (AvgIpc) is 2.32. The van der Waals surface area contributed by atoms with Crippen LogP contribution < -0.4 is 5.32 Å². The number of nitrogens with zero attached hydrogens (tertiary/aromatic N) is 1. The van der Waals surface area contributed by atoms with Gasteiger partial charge >= 0.3 is 0 Å². The highest BCUT2D eigenvalue weighted by atomic mass is 35.5. The molecule has 0 aliphatic heterocycles. The minimum absolute atomic E-state index is 0.757. The summed E-state index contributed by atoms with van der Waals surface area (Å²) in [5.74, 6) is 0. The second kappa shape index (κ2) is 8.48. The fourth-order valence-corrected chi connectivity index (χ4v) is 2.01. The van der Waals surface area contributed by atoms with E-state index in [0.717, 1.165) is 37.8 Å². The quantitative estimate of drug-likeness (QED) is 0.734. The smallest absolute Gasteiger partial charge is 0.0587 e. The molecule has 0 unspecified atom stereocenters. The predicted molar refractivity (Wildman–Crippen MR) is 77.3 cm³/mol. The van der Waals surface area contributed by atoms with E-state index in [2.05, 4.69) is 36.3 Å². The van der Waals surface area contributed by atoms with Crippen LogP contribution in [0.3, 0.4) is 0 Å². The highest BCUT2D eigenvalue weighted by Gasteiger charge is 2.04. The Morgan fingerprint density at radius 1 is 1.33 bits per heavy atom. The fourth-order valence-electron chi connectivity index (χ4n) is 1.72. The molecule has 0 amide bonds. The molecule has 0 saturated carbocycles. The molecule has 0 bridgehead atoms. The standard InChI is InChI=1S/C14H23ClN2O/c1-12-4-5-13(14(15)10-12)11-17(2)8-6-16-7-9-18-3/h4-5,10,16H,6-9,11H2,1-3H3. The number of ether oxygens (including phenoxy) is 1. The third-order valence-electron chi connectivity index (χ3n) is 2.80. The lowest BCUT2D eigenvalue weighted by Gasteiger charge is -2.18. The molecule has 1 aromatic carbocycles. The number of methoxy groups -OCH3 is 1. The molecule has 0 aromatic heterocycles. The number of rotatable bonds is 8. The molecular formula is C14H23ClN2O. The van der Waals surface area contributed by atoms with Crippen molar-refractivity contribution in [2.24, 2.45) is 0 Å². The maximum absolute atomic E-state index is 6.22. The van der Waals surface area contributed by atoms with Crippen LogP contribution in [0.5, 0.6) is 0 Å². The van der Waals surface area contributed by atoms with Gasteiger partial charge in [-0.3, -0.25) is 0 Å². The second-order valence-corrected chi connectivity index (χ2v) is 4.98. The summed E-state index contributed by atoms with van der Waals surface area (Å²) in [6, 6.07) is 6.22. The number of likely N-dealkylation sites (N-methyl/N-ethyl adjacent to an activating group) is 1. The number of aryl methyl sites for hydroxylation is 1. The summed E-state index contributed by atoms with van der Waals surface area (Å²) in [5, 5.41) is 4.18. The van der Waals surface area contributed by atoms with Gasteiger partial charge in [0, 0.05) is 38.3 Å². The highest BCUT2D eigenvalue weighted by molar-refractivity contribution is 6.31. The summed E-state index contributed by atoms with van der Waals surface area (Å²) in [6.07, 6.45) is 0. The van der Waals surface area contributed by atoms with Crippen LogP contribution in [0.4, 0.5) is 0 Å². The number of halogens is 1. The maximum atomic E-state index is 6.22. The molecule has 0 radical (unpaired) electrons. The van der Waals surface area contributed by atoms with E-state index >= 15 is 0 Å². The first-order valence-electron chi connectivity index (χ1n) is 6.26. The van der Waals surface area contributed by atoms with Crippen LogP contribution in [0.15, 0.2) is 18.2 Å². The second-order valence-electron chi connectivity index (χ2n) is 4.58.